The zero-order valence-corrected chi connectivity index (χ0v) is 13.8. The van der Waals surface area contributed by atoms with E-state index in [0.717, 1.165) is 25.7 Å². The minimum atomic E-state index is -1.02. The smallest absolute Gasteiger partial charge is 0.303 e. The molecule has 0 aliphatic heterocycles. The summed E-state index contributed by atoms with van der Waals surface area (Å²) in [7, 11) is 0. The number of carbonyl (C=O) groups is 1. The van der Waals surface area contributed by atoms with Crippen LogP contribution in [-0.2, 0) is 4.79 Å². The number of hydrogen-bond donors (Lipinski definition) is 4. The number of allylic oxidation sites excluding steroid dienone is 4. The molecule has 0 saturated carbocycles. The van der Waals surface area contributed by atoms with Gasteiger partial charge in [0.15, 0.2) is 0 Å². The molecule has 0 bridgehead atoms. The number of carboxylic acid groups (broad SMARTS) is 1. The second-order valence-electron chi connectivity index (χ2n) is 5.56. The van der Waals surface area contributed by atoms with E-state index in [2.05, 4.69) is 6.92 Å². The summed E-state index contributed by atoms with van der Waals surface area (Å²) in [5, 5.41) is 37.5. The average molecular weight is 326 g/mol. The minimum Gasteiger partial charge on any atom is -0.481 e. The molecule has 0 aliphatic carbocycles. The molecule has 0 unspecified atom stereocenters. The number of rotatable bonds is 13. The zero-order chi connectivity index (χ0) is 17.5. The van der Waals surface area contributed by atoms with Crippen molar-refractivity contribution in [2.45, 2.75) is 70.2 Å². The number of hydrogen-bond acceptors (Lipinski definition) is 4. The summed E-state index contributed by atoms with van der Waals surface area (Å²) < 4.78 is 0. The van der Waals surface area contributed by atoms with Gasteiger partial charge in [0.25, 0.3) is 0 Å². The van der Waals surface area contributed by atoms with Gasteiger partial charge in [-0.15, -0.1) is 0 Å². The lowest BCUT2D eigenvalue weighted by atomic mass is 10.1. The highest BCUT2D eigenvalue weighted by Crippen LogP contribution is 2.07. The van der Waals surface area contributed by atoms with Crippen molar-refractivity contribution >= 4 is 5.97 Å². The maximum Gasteiger partial charge on any atom is 0.303 e. The van der Waals surface area contributed by atoms with E-state index < -0.39 is 24.3 Å². The van der Waals surface area contributed by atoms with Crippen molar-refractivity contribution in [2.24, 2.45) is 0 Å². The zero-order valence-electron chi connectivity index (χ0n) is 13.8. The van der Waals surface area contributed by atoms with E-state index >= 15 is 0 Å². The van der Waals surface area contributed by atoms with Crippen LogP contribution < -0.4 is 0 Å². The Morgan fingerprint density at radius 2 is 1.57 bits per heavy atom. The van der Waals surface area contributed by atoms with Crippen LogP contribution in [-0.4, -0.2) is 44.7 Å². The predicted molar refractivity (Wildman–Crippen MR) is 91.1 cm³/mol. The van der Waals surface area contributed by atoms with Crippen LogP contribution in [0.15, 0.2) is 36.5 Å². The van der Waals surface area contributed by atoms with Crippen LogP contribution in [0.2, 0.25) is 0 Å². The van der Waals surface area contributed by atoms with Crippen molar-refractivity contribution in [3.63, 3.8) is 0 Å². The Bertz CT molecular complexity index is 387. The molecular weight excluding hydrogens is 296 g/mol. The van der Waals surface area contributed by atoms with Crippen LogP contribution in [0.3, 0.4) is 0 Å². The van der Waals surface area contributed by atoms with Crippen LogP contribution in [0.4, 0.5) is 0 Å². The summed E-state index contributed by atoms with van der Waals surface area (Å²) >= 11 is 0. The molecule has 3 atom stereocenters. The molecule has 0 radical (unpaired) electrons. The molecule has 0 saturated heterocycles. The third-order valence-electron chi connectivity index (χ3n) is 3.36. The highest BCUT2D eigenvalue weighted by molar-refractivity contribution is 5.66. The molecule has 5 nitrogen and oxygen atoms in total. The molecule has 23 heavy (non-hydrogen) atoms. The van der Waals surface area contributed by atoms with E-state index in [1.165, 1.54) is 6.08 Å². The molecule has 4 N–H and O–H groups in total. The average Bonchev–Trinajstić information content (AvgIpc) is 2.50. The van der Waals surface area contributed by atoms with Gasteiger partial charge in [-0.25, -0.2) is 0 Å². The number of carboxylic acids is 1. The van der Waals surface area contributed by atoms with Crippen molar-refractivity contribution in [1.82, 2.24) is 0 Å². The molecule has 0 amide bonds. The SMILES string of the molecule is CCCCC[C@H](O)/C=C/C=C\C=C\[C@@H](O)[C@@H](O)CCCC(=O)O. The summed E-state index contributed by atoms with van der Waals surface area (Å²) in [6.07, 6.45) is 12.1. The summed E-state index contributed by atoms with van der Waals surface area (Å²) in [5.41, 5.74) is 0. The quantitative estimate of drug-likeness (QED) is 0.308. The van der Waals surface area contributed by atoms with Gasteiger partial charge in [-0.05, 0) is 19.3 Å². The van der Waals surface area contributed by atoms with E-state index in [4.69, 9.17) is 5.11 Å². The number of aliphatic hydroxyl groups is 3. The van der Waals surface area contributed by atoms with Crippen molar-refractivity contribution in [2.75, 3.05) is 0 Å². The fourth-order valence-electron chi connectivity index (χ4n) is 1.96. The molecule has 0 aliphatic rings. The van der Waals surface area contributed by atoms with Crippen LogP contribution in [0, 0.1) is 0 Å². The molecular formula is C18H30O5. The Hall–Kier alpha value is -1.43. The van der Waals surface area contributed by atoms with E-state index in [-0.39, 0.29) is 12.8 Å². The summed E-state index contributed by atoms with van der Waals surface area (Å²) in [6, 6.07) is 0. The predicted octanol–water partition coefficient (Wildman–Crippen LogP) is 2.57. The van der Waals surface area contributed by atoms with E-state index in [9.17, 15) is 20.1 Å². The van der Waals surface area contributed by atoms with E-state index in [0.29, 0.717) is 6.42 Å². The highest BCUT2D eigenvalue weighted by atomic mass is 16.4. The lowest BCUT2D eigenvalue weighted by Crippen LogP contribution is -2.23. The second-order valence-corrected chi connectivity index (χ2v) is 5.56. The van der Waals surface area contributed by atoms with Crippen molar-refractivity contribution in [1.29, 1.82) is 0 Å². The lowest BCUT2D eigenvalue weighted by molar-refractivity contribution is -0.137. The third-order valence-corrected chi connectivity index (χ3v) is 3.36. The number of unbranched alkanes of at least 4 members (excludes halogenated alkanes) is 2. The van der Waals surface area contributed by atoms with Gasteiger partial charge in [-0.2, -0.15) is 0 Å². The molecule has 0 aromatic carbocycles. The lowest BCUT2D eigenvalue weighted by Gasteiger charge is -2.13. The molecule has 0 aromatic heterocycles. The van der Waals surface area contributed by atoms with Gasteiger partial charge in [0.1, 0.15) is 0 Å². The third kappa shape index (κ3) is 13.9. The molecule has 132 valence electrons. The molecule has 5 heteroatoms. The van der Waals surface area contributed by atoms with Gasteiger partial charge in [0.05, 0.1) is 18.3 Å². The van der Waals surface area contributed by atoms with Gasteiger partial charge in [0.2, 0.25) is 0 Å². The van der Waals surface area contributed by atoms with E-state index in [1.807, 2.05) is 0 Å². The van der Waals surface area contributed by atoms with Gasteiger partial charge < -0.3 is 20.4 Å². The van der Waals surface area contributed by atoms with Gasteiger partial charge >= 0.3 is 5.97 Å². The van der Waals surface area contributed by atoms with Crippen LogP contribution in [0.1, 0.15) is 51.9 Å². The van der Waals surface area contributed by atoms with Crippen molar-refractivity contribution in [3.05, 3.63) is 36.5 Å². The van der Waals surface area contributed by atoms with E-state index in [1.54, 1.807) is 30.4 Å². The molecule has 0 aromatic rings. The minimum absolute atomic E-state index is 0.0151. The second kappa shape index (κ2) is 14.2. The van der Waals surface area contributed by atoms with Crippen LogP contribution in [0.25, 0.3) is 0 Å². The van der Waals surface area contributed by atoms with Crippen LogP contribution in [0.5, 0.6) is 0 Å². The topological polar surface area (TPSA) is 98.0 Å². The van der Waals surface area contributed by atoms with Crippen molar-refractivity contribution in [3.8, 4) is 0 Å². The normalized spacial score (nSPS) is 16.3. The van der Waals surface area contributed by atoms with Crippen LogP contribution >= 0.6 is 0 Å². The first-order valence-corrected chi connectivity index (χ1v) is 8.25. The molecule has 0 rings (SSSR count). The fourth-order valence-corrected chi connectivity index (χ4v) is 1.96. The molecule has 0 spiro atoms. The Morgan fingerprint density at radius 1 is 0.913 bits per heavy atom. The highest BCUT2D eigenvalue weighted by Gasteiger charge is 2.12. The van der Waals surface area contributed by atoms with Gasteiger partial charge in [-0.1, -0.05) is 62.6 Å². The summed E-state index contributed by atoms with van der Waals surface area (Å²) in [5.74, 6) is -0.908. The van der Waals surface area contributed by atoms with Gasteiger partial charge in [0, 0.05) is 6.42 Å². The Labute approximate surface area is 138 Å². The molecule has 0 fully saturated rings. The molecule has 0 heterocycles. The first-order chi connectivity index (χ1) is 11.0. The van der Waals surface area contributed by atoms with Crippen molar-refractivity contribution < 1.29 is 25.2 Å². The Morgan fingerprint density at radius 3 is 2.17 bits per heavy atom. The monoisotopic (exact) mass is 326 g/mol. The first-order valence-electron chi connectivity index (χ1n) is 8.25. The Balaban J connectivity index is 3.94. The largest absolute Gasteiger partial charge is 0.481 e. The summed E-state index contributed by atoms with van der Waals surface area (Å²) in [6.45, 7) is 2.12. The number of aliphatic carboxylic acids is 1. The summed E-state index contributed by atoms with van der Waals surface area (Å²) in [4.78, 5) is 10.4. The fraction of sp³-hybridized carbons (Fsp3) is 0.611. The first kappa shape index (κ1) is 21.6. The number of aliphatic hydroxyl groups excluding tert-OH is 3. The standard InChI is InChI=1S/C18H30O5/c1-2-3-6-10-15(19)11-7-4-5-8-12-16(20)17(21)13-9-14-18(22)23/h4-5,7-8,11-12,15-17,19-21H,2-3,6,9-10,13-14H2,1H3,(H,22,23)/b5-4-,11-7+,12-8+/t15-,16+,17-/m0/s1. The Kier molecular flexibility index (Phi) is 13.3. The van der Waals surface area contributed by atoms with Gasteiger partial charge in [-0.3, -0.25) is 4.79 Å². The maximum atomic E-state index is 10.4. The maximum absolute atomic E-state index is 10.4.